The zero-order valence-corrected chi connectivity index (χ0v) is 14.9. The maximum absolute atomic E-state index is 12.8. The van der Waals surface area contributed by atoms with Crippen LogP contribution in [-0.4, -0.2) is 58.9 Å². The van der Waals surface area contributed by atoms with Gasteiger partial charge in [-0.25, -0.2) is 0 Å². The summed E-state index contributed by atoms with van der Waals surface area (Å²) in [5, 5.41) is 8.87. The number of piperidine rings is 2. The molecule has 2 saturated heterocycles. The van der Waals surface area contributed by atoms with Gasteiger partial charge < -0.3 is 14.9 Å². The van der Waals surface area contributed by atoms with Crippen LogP contribution in [0.25, 0.3) is 0 Å². The van der Waals surface area contributed by atoms with Crippen LogP contribution in [0.3, 0.4) is 0 Å². The number of carbonyl (C=O) groups is 3. The number of amides is 2. The molecule has 136 valence electrons. The number of carboxylic acid groups (broad SMARTS) is 1. The quantitative estimate of drug-likeness (QED) is 0.831. The fourth-order valence-corrected chi connectivity index (χ4v) is 3.73. The van der Waals surface area contributed by atoms with Crippen LogP contribution in [0.1, 0.15) is 52.4 Å². The van der Waals surface area contributed by atoms with E-state index in [0.29, 0.717) is 19.6 Å². The number of rotatable bonds is 5. The SMILES string of the molecule is CCC(C)C(=O)N1CCCC(C(=O)N2CCC(CC(=O)O)CC2)C1. The first-order chi connectivity index (χ1) is 11.4. The van der Waals surface area contributed by atoms with Crippen LogP contribution in [0.4, 0.5) is 0 Å². The molecule has 6 nitrogen and oxygen atoms in total. The van der Waals surface area contributed by atoms with E-state index >= 15 is 0 Å². The molecular formula is C18H30N2O4. The van der Waals surface area contributed by atoms with Crippen molar-refractivity contribution in [2.45, 2.75) is 52.4 Å². The van der Waals surface area contributed by atoms with E-state index in [1.807, 2.05) is 23.6 Å². The molecule has 24 heavy (non-hydrogen) atoms. The van der Waals surface area contributed by atoms with Gasteiger partial charge in [0.15, 0.2) is 0 Å². The van der Waals surface area contributed by atoms with E-state index in [4.69, 9.17) is 5.11 Å². The Morgan fingerprint density at radius 1 is 1.08 bits per heavy atom. The summed E-state index contributed by atoms with van der Waals surface area (Å²) < 4.78 is 0. The molecular weight excluding hydrogens is 308 g/mol. The van der Waals surface area contributed by atoms with Crippen LogP contribution in [0, 0.1) is 17.8 Å². The fourth-order valence-electron chi connectivity index (χ4n) is 3.73. The first kappa shape index (κ1) is 18.7. The highest BCUT2D eigenvalue weighted by Gasteiger charge is 2.33. The molecule has 6 heteroatoms. The van der Waals surface area contributed by atoms with Gasteiger partial charge in [-0.15, -0.1) is 0 Å². The molecule has 0 radical (unpaired) electrons. The predicted molar refractivity (Wildman–Crippen MR) is 90.3 cm³/mol. The molecule has 2 rings (SSSR count). The molecule has 0 bridgehead atoms. The lowest BCUT2D eigenvalue weighted by atomic mass is 9.91. The summed E-state index contributed by atoms with van der Waals surface area (Å²) in [6.07, 6.45) is 4.28. The van der Waals surface area contributed by atoms with Gasteiger partial charge in [0.2, 0.25) is 11.8 Å². The Kier molecular flexibility index (Phi) is 6.63. The van der Waals surface area contributed by atoms with Crippen LogP contribution < -0.4 is 0 Å². The second-order valence-corrected chi connectivity index (χ2v) is 7.30. The molecule has 2 aliphatic rings. The van der Waals surface area contributed by atoms with Crippen LogP contribution >= 0.6 is 0 Å². The lowest BCUT2D eigenvalue weighted by molar-refractivity contribution is -0.143. The molecule has 0 aliphatic carbocycles. The molecule has 2 fully saturated rings. The third-order valence-corrected chi connectivity index (χ3v) is 5.51. The highest BCUT2D eigenvalue weighted by atomic mass is 16.4. The normalized spacial score (nSPS) is 23.8. The Morgan fingerprint density at radius 3 is 2.33 bits per heavy atom. The van der Waals surface area contributed by atoms with Crippen molar-refractivity contribution in [1.82, 2.24) is 9.80 Å². The number of carboxylic acids is 1. The van der Waals surface area contributed by atoms with E-state index in [1.165, 1.54) is 0 Å². The number of carbonyl (C=O) groups excluding carboxylic acids is 2. The minimum absolute atomic E-state index is 0.0191. The molecule has 0 aromatic carbocycles. The first-order valence-electron chi connectivity index (χ1n) is 9.21. The summed E-state index contributed by atoms with van der Waals surface area (Å²) in [6.45, 7) is 6.54. The Morgan fingerprint density at radius 2 is 1.75 bits per heavy atom. The van der Waals surface area contributed by atoms with Gasteiger partial charge in [0, 0.05) is 38.5 Å². The summed E-state index contributed by atoms with van der Waals surface area (Å²) in [7, 11) is 0. The lowest BCUT2D eigenvalue weighted by Gasteiger charge is -2.38. The minimum atomic E-state index is -0.758. The minimum Gasteiger partial charge on any atom is -0.481 e. The molecule has 2 amide bonds. The smallest absolute Gasteiger partial charge is 0.303 e. The van der Waals surface area contributed by atoms with Crippen LogP contribution in [0.2, 0.25) is 0 Å². The molecule has 2 heterocycles. The number of likely N-dealkylation sites (tertiary alicyclic amines) is 2. The topological polar surface area (TPSA) is 77.9 Å². The number of hydrogen-bond acceptors (Lipinski definition) is 3. The molecule has 1 N–H and O–H groups in total. The van der Waals surface area contributed by atoms with Gasteiger partial charge in [-0.2, -0.15) is 0 Å². The van der Waals surface area contributed by atoms with E-state index in [1.54, 1.807) is 0 Å². The summed E-state index contributed by atoms with van der Waals surface area (Å²) in [5.41, 5.74) is 0. The average Bonchev–Trinajstić information content (AvgIpc) is 2.60. The molecule has 2 unspecified atom stereocenters. The van der Waals surface area contributed by atoms with Crippen molar-refractivity contribution in [1.29, 1.82) is 0 Å². The van der Waals surface area contributed by atoms with Crippen molar-refractivity contribution in [3.63, 3.8) is 0 Å². The van der Waals surface area contributed by atoms with Crippen molar-refractivity contribution in [3.05, 3.63) is 0 Å². The maximum atomic E-state index is 12.8. The van der Waals surface area contributed by atoms with E-state index in [-0.39, 0.29) is 36.0 Å². The van der Waals surface area contributed by atoms with Gasteiger partial charge in [-0.3, -0.25) is 14.4 Å². The summed E-state index contributed by atoms with van der Waals surface area (Å²) >= 11 is 0. The van der Waals surface area contributed by atoms with Crippen molar-refractivity contribution < 1.29 is 19.5 Å². The highest BCUT2D eigenvalue weighted by Crippen LogP contribution is 2.25. The third kappa shape index (κ3) is 4.71. The Balaban J connectivity index is 1.86. The second-order valence-electron chi connectivity index (χ2n) is 7.30. The fraction of sp³-hybridized carbons (Fsp3) is 0.833. The van der Waals surface area contributed by atoms with E-state index < -0.39 is 5.97 Å². The maximum Gasteiger partial charge on any atom is 0.303 e. The van der Waals surface area contributed by atoms with E-state index in [0.717, 1.165) is 38.6 Å². The molecule has 0 spiro atoms. The zero-order valence-electron chi connectivity index (χ0n) is 14.9. The van der Waals surface area contributed by atoms with Crippen LogP contribution in [0.5, 0.6) is 0 Å². The average molecular weight is 338 g/mol. The highest BCUT2D eigenvalue weighted by molar-refractivity contribution is 5.82. The lowest BCUT2D eigenvalue weighted by Crippen LogP contribution is -2.49. The van der Waals surface area contributed by atoms with Gasteiger partial charge in [0.05, 0.1) is 5.92 Å². The number of aliphatic carboxylic acids is 1. The van der Waals surface area contributed by atoms with Crippen molar-refractivity contribution in [2.75, 3.05) is 26.2 Å². The summed E-state index contributed by atoms with van der Waals surface area (Å²) in [5.74, 6) is -0.346. The van der Waals surface area contributed by atoms with Crippen molar-refractivity contribution in [3.8, 4) is 0 Å². The first-order valence-corrected chi connectivity index (χ1v) is 9.21. The van der Waals surface area contributed by atoms with Crippen LogP contribution in [0.15, 0.2) is 0 Å². The molecule has 2 atom stereocenters. The van der Waals surface area contributed by atoms with Gasteiger partial charge >= 0.3 is 5.97 Å². The van der Waals surface area contributed by atoms with Crippen LogP contribution in [-0.2, 0) is 14.4 Å². The van der Waals surface area contributed by atoms with Gasteiger partial charge in [-0.1, -0.05) is 13.8 Å². The standard InChI is InChI=1S/C18H30N2O4/c1-3-13(2)17(23)20-8-4-5-15(12-20)18(24)19-9-6-14(7-10-19)11-16(21)22/h13-15H,3-12H2,1-2H3,(H,21,22). The van der Waals surface area contributed by atoms with Gasteiger partial charge in [0.1, 0.15) is 0 Å². The van der Waals surface area contributed by atoms with Crippen molar-refractivity contribution in [2.24, 2.45) is 17.8 Å². The number of hydrogen-bond donors (Lipinski definition) is 1. The largest absolute Gasteiger partial charge is 0.481 e. The summed E-state index contributed by atoms with van der Waals surface area (Å²) in [4.78, 5) is 39.7. The monoisotopic (exact) mass is 338 g/mol. The predicted octanol–water partition coefficient (Wildman–Crippen LogP) is 1.98. The number of nitrogens with zero attached hydrogens (tertiary/aromatic N) is 2. The Hall–Kier alpha value is -1.59. The second kappa shape index (κ2) is 8.49. The van der Waals surface area contributed by atoms with E-state index in [2.05, 4.69) is 0 Å². The molecule has 2 aliphatic heterocycles. The van der Waals surface area contributed by atoms with E-state index in [9.17, 15) is 14.4 Å². The van der Waals surface area contributed by atoms with Gasteiger partial charge in [-0.05, 0) is 38.0 Å². The third-order valence-electron chi connectivity index (χ3n) is 5.51. The van der Waals surface area contributed by atoms with Crippen molar-refractivity contribution >= 4 is 17.8 Å². The molecule has 0 aromatic heterocycles. The summed E-state index contributed by atoms with van der Waals surface area (Å²) in [6, 6.07) is 0. The van der Waals surface area contributed by atoms with Gasteiger partial charge in [0.25, 0.3) is 0 Å². The Labute approximate surface area is 144 Å². The molecule has 0 saturated carbocycles. The Bertz CT molecular complexity index is 472. The molecule has 0 aromatic rings. The zero-order chi connectivity index (χ0) is 17.7.